The van der Waals surface area contributed by atoms with Gasteiger partial charge in [-0.3, -0.25) is 14.8 Å². The number of carbonyl (C=O) groups is 1. The van der Waals surface area contributed by atoms with Crippen molar-refractivity contribution in [3.63, 3.8) is 0 Å². The Morgan fingerprint density at radius 3 is 2.46 bits per heavy atom. The van der Waals surface area contributed by atoms with Gasteiger partial charge in [0, 0.05) is 6.20 Å². The minimum atomic E-state index is 0.123. The maximum atomic E-state index is 10.5. The number of hydrogen-bond acceptors (Lipinski definition) is 8. The molecular weight excluding hydrogens is 442 g/mol. The molecule has 6 N–H and O–H groups in total. The van der Waals surface area contributed by atoms with E-state index in [0.717, 1.165) is 11.1 Å². The van der Waals surface area contributed by atoms with Gasteiger partial charge in [0.2, 0.25) is 6.41 Å². The lowest BCUT2D eigenvalue weighted by atomic mass is 9.85. The summed E-state index contributed by atoms with van der Waals surface area (Å²) in [5, 5.41) is 24.8. The zero-order chi connectivity index (χ0) is 26.8. The second kappa shape index (κ2) is 13.1. The second-order valence-electron chi connectivity index (χ2n) is 9.68. The fraction of sp³-hybridized carbons (Fsp3) is 0.385. The summed E-state index contributed by atoms with van der Waals surface area (Å²) in [4.78, 5) is 14.6. The normalized spacial score (nSPS) is 11.9. The Morgan fingerprint density at radius 1 is 1.29 bits per heavy atom. The van der Waals surface area contributed by atoms with E-state index in [4.69, 9.17) is 22.0 Å². The molecule has 9 heteroatoms. The smallest absolute Gasteiger partial charge is 0.211 e. The highest BCUT2D eigenvalue weighted by Gasteiger charge is 2.14. The number of hydrogen-bond donors (Lipinski definition) is 4. The van der Waals surface area contributed by atoms with E-state index in [1.807, 2.05) is 32.9 Å². The van der Waals surface area contributed by atoms with Crippen LogP contribution >= 0.6 is 0 Å². The number of anilines is 2. The molecule has 0 aliphatic heterocycles. The van der Waals surface area contributed by atoms with Gasteiger partial charge in [0.1, 0.15) is 5.71 Å². The van der Waals surface area contributed by atoms with Crippen LogP contribution in [-0.2, 0) is 10.2 Å². The van der Waals surface area contributed by atoms with Gasteiger partial charge in [-0.2, -0.15) is 5.26 Å². The number of pyridine rings is 1. The molecule has 1 heterocycles. The monoisotopic (exact) mass is 479 g/mol. The average Bonchev–Trinajstić information content (AvgIpc) is 2.78. The molecule has 1 aromatic carbocycles. The first-order chi connectivity index (χ1) is 16.3. The van der Waals surface area contributed by atoms with Crippen LogP contribution in [-0.4, -0.2) is 22.3 Å². The lowest BCUT2D eigenvalue weighted by Gasteiger charge is -2.19. The van der Waals surface area contributed by atoms with Crippen LogP contribution in [0.4, 0.5) is 11.4 Å². The minimum absolute atomic E-state index is 0.123. The van der Waals surface area contributed by atoms with Gasteiger partial charge in [-0.15, -0.1) is 0 Å². The number of allylic oxidation sites excluding steroid dienone is 1. The predicted molar refractivity (Wildman–Crippen MR) is 141 cm³/mol. The highest BCUT2D eigenvalue weighted by molar-refractivity contribution is 5.99. The molecule has 0 unspecified atom stereocenters. The van der Waals surface area contributed by atoms with E-state index < -0.39 is 0 Å². The van der Waals surface area contributed by atoms with Crippen LogP contribution in [0.15, 0.2) is 47.5 Å². The molecule has 188 valence electrons. The topological polar surface area (TPSA) is 154 Å². The van der Waals surface area contributed by atoms with Crippen molar-refractivity contribution in [3.8, 4) is 6.07 Å². The number of rotatable bonds is 7. The third-order valence-corrected chi connectivity index (χ3v) is 4.97. The van der Waals surface area contributed by atoms with E-state index in [2.05, 4.69) is 48.4 Å². The molecule has 0 atom stereocenters. The number of hydrazine groups is 1. The zero-order valence-corrected chi connectivity index (χ0v) is 21.6. The Labute approximate surface area is 208 Å². The molecule has 0 fully saturated rings. The van der Waals surface area contributed by atoms with E-state index in [1.165, 1.54) is 23.0 Å². The Bertz CT molecular complexity index is 1110. The van der Waals surface area contributed by atoms with Crippen molar-refractivity contribution in [1.82, 2.24) is 4.98 Å². The molecule has 0 aliphatic carbocycles. The van der Waals surface area contributed by atoms with Gasteiger partial charge in [0.25, 0.3) is 0 Å². The van der Waals surface area contributed by atoms with Crippen molar-refractivity contribution in [2.75, 3.05) is 10.3 Å². The Morgan fingerprint density at radius 2 is 1.94 bits per heavy atom. The molecule has 1 amide bonds. The van der Waals surface area contributed by atoms with Gasteiger partial charge in [-0.1, -0.05) is 45.8 Å². The van der Waals surface area contributed by atoms with Crippen LogP contribution in [0.3, 0.4) is 0 Å². The van der Waals surface area contributed by atoms with Crippen LogP contribution in [0.2, 0.25) is 0 Å². The largest absolute Gasteiger partial charge is 0.411 e. The summed E-state index contributed by atoms with van der Waals surface area (Å²) in [6.45, 7) is 14.2. The third-order valence-electron chi connectivity index (χ3n) is 4.97. The Balaban J connectivity index is 0.000000400. The van der Waals surface area contributed by atoms with Gasteiger partial charge < -0.3 is 16.3 Å². The van der Waals surface area contributed by atoms with Crippen LogP contribution in [0.5, 0.6) is 0 Å². The van der Waals surface area contributed by atoms with E-state index in [1.54, 1.807) is 13.0 Å². The number of benzene rings is 1. The number of nitrogens with two attached hydrogens (primary N) is 2. The van der Waals surface area contributed by atoms with Crippen molar-refractivity contribution in [2.24, 2.45) is 22.6 Å². The van der Waals surface area contributed by atoms with Crippen molar-refractivity contribution in [2.45, 2.75) is 60.3 Å². The van der Waals surface area contributed by atoms with Gasteiger partial charge in [0.05, 0.1) is 40.6 Å². The highest BCUT2D eigenvalue weighted by atomic mass is 16.4. The summed E-state index contributed by atoms with van der Waals surface area (Å²) in [5.74, 6) is 6.25. The number of nitrogens with zero attached hydrogens (tertiary/aromatic N) is 4. The molecule has 2 aromatic rings. The van der Waals surface area contributed by atoms with Crippen molar-refractivity contribution in [1.29, 1.82) is 5.26 Å². The average molecular weight is 480 g/mol. The first-order valence-electron chi connectivity index (χ1n) is 11.2. The fourth-order valence-electron chi connectivity index (χ4n) is 3.11. The van der Waals surface area contributed by atoms with E-state index in [-0.39, 0.29) is 17.0 Å². The fourth-order valence-corrected chi connectivity index (χ4v) is 3.11. The first-order valence-corrected chi connectivity index (χ1v) is 11.2. The first kappa shape index (κ1) is 29.1. The van der Waals surface area contributed by atoms with E-state index >= 15 is 0 Å². The molecule has 0 radical (unpaired) electrons. The Kier molecular flexibility index (Phi) is 10.9. The zero-order valence-electron chi connectivity index (χ0n) is 21.6. The van der Waals surface area contributed by atoms with Crippen LogP contribution < -0.4 is 21.9 Å². The number of aryl methyl sites for hydroxylation is 2. The molecule has 2 rings (SSSR count). The van der Waals surface area contributed by atoms with Gasteiger partial charge in [-0.25, -0.2) is 5.84 Å². The molecule has 1 aromatic heterocycles. The molecule has 0 spiro atoms. The molecule has 9 nitrogen and oxygen atoms in total. The molecule has 0 aliphatic rings. The summed E-state index contributed by atoms with van der Waals surface area (Å²) in [6, 6.07) is 9.86. The number of oxime groups is 1. The summed E-state index contributed by atoms with van der Waals surface area (Å²) in [7, 11) is 0. The maximum Gasteiger partial charge on any atom is 0.211 e. The SMILES string of the molecule is Cc1cc(C#N)cc(C(C)(C)C)c1.Cc1ncc(NC=O)cc1N(N)/C=C(N)/C(CC(C)C)=N\O. The molecule has 0 bridgehead atoms. The summed E-state index contributed by atoms with van der Waals surface area (Å²) < 4.78 is 0. The standard InChI is InChI=1S/C14H22N6O2.C12H15N/c1-9(2)4-13(19-22)12(15)7-20(16)14-5-11(18-8-21)6-17-10(14)3;1-9-5-10(8-13)7-11(6-9)12(2,3)4/h5-9,22H,4,15-16H2,1-3H3,(H,18,21);5-7H,1-4H3/b12-7-,19-13-;. The Hall–Kier alpha value is -3.90. The van der Waals surface area contributed by atoms with Crippen LogP contribution in [0.1, 0.15) is 63.4 Å². The van der Waals surface area contributed by atoms with Gasteiger partial charge in [-0.05, 0) is 60.9 Å². The quantitative estimate of drug-likeness (QED) is 0.150. The predicted octanol–water partition coefficient (Wildman–Crippen LogP) is 4.48. The number of nitrogens with one attached hydrogen (secondary N) is 1. The van der Waals surface area contributed by atoms with Crippen LogP contribution in [0, 0.1) is 31.1 Å². The number of aromatic nitrogens is 1. The summed E-state index contributed by atoms with van der Waals surface area (Å²) >= 11 is 0. The van der Waals surface area contributed by atoms with E-state index in [9.17, 15) is 4.79 Å². The molecule has 0 saturated carbocycles. The second-order valence-corrected chi connectivity index (χ2v) is 9.68. The summed E-state index contributed by atoms with van der Waals surface area (Å²) in [6.07, 6.45) is 4.05. The van der Waals surface area contributed by atoms with Crippen molar-refractivity contribution >= 4 is 23.5 Å². The summed E-state index contributed by atoms with van der Waals surface area (Å²) in [5.41, 5.74) is 11.5. The van der Waals surface area contributed by atoms with Crippen LogP contribution in [0.25, 0.3) is 0 Å². The van der Waals surface area contributed by atoms with Crippen molar-refractivity contribution in [3.05, 3.63) is 64.7 Å². The lowest BCUT2D eigenvalue weighted by molar-refractivity contribution is -0.105. The third kappa shape index (κ3) is 9.47. The number of nitriles is 1. The van der Waals surface area contributed by atoms with Gasteiger partial charge in [0.15, 0.2) is 0 Å². The highest BCUT2D eigenvalue weighted by Crippen LogP contribution is 2.24. The lowest BCUT2D eigenvalue weighted by Crippen LogP contribution is -2.29. The molecular formula is C26H37N7O2. The maximum absolute atomic E-state index is 10.5. The number of amides is 1. The molecule has 0 saturated heterocycles. The molecule has 35 heavy (non-hydrogen) atoms. The van der Waals surface area contributed by atoms with Crippen molar-refractivity contribution < 1.29 is 10.0 Å². The van der Waals surface area contributed by atoms with Gasteiger partial charge >= 0.3 is 0 Å². The van der Waals surface area contributed by atoms with E-state index in [0.29, 0.717) is 35.6 Å². The number of carbonyl (C=O) groups excluding carboxylic acids is 1. The minimum Gasteiger partial charge on any atom is -0.411 e.